The number of anilines is 1. The Kier molecular flexibility index (Phi) is 3.15. The van der Waals surface area contributed by atoms with Gasteiger partial charge < -0.3 is 16.8 Å². The number of nitrogens with one attached hydrogen (secondary N) is 1. The summed E-state index contributed by atoms with van der Waals surface area (Å²) in [6, 6.07) is 3.60. The molecule has 5 N–H and O–H groups in total. The predicted octanol–water partition coefficient (Wildman–Crippen LogP) is 0.872. The molecule has 2 aromatic rings. The van der Waals surface area contributed by atoms with E-state index in [0.717, 1.165) is 4.70 Å². The Labute approximate surface area is 113 Å². The fourth-order valence-electron chi connectivity index (χ4n) is 1.52. The van der Waals surface area contributed by atoms with Crippen LogP contribution in [0.3, 0.4) is 0 Å². The molecule has 100 valence electrons. The summed E-state index contributed by atoms with van der Waals surface area (Å²) in [6.07, 6.45) is 1.61. The van der Waals surface area contributed by atoms with Gasteiger partial charge in [0.25, 0.3) is 5.91 Å². The van der Waals surface area contributed by atoms with E-state index >= 15 is 0 Å². The Hall–Kier alpha value is -2.15. The molecular weight excluding hydrogens is 264 g/mol. The van der Waals surface area contributed by atoms with Crippen LogP contribution in [0.1, 0.15) is 23.5 Å². The number of nitrogens with zero attached hydrogens (tertiary/aromatic N) is 1. The molecule has 2 aromatic heterocycles. The number of nitrogens with two attached hydrogens (primary N) is 2. The van der Waals surface area contributed by atoms with Gasteiger partial charge >= 0.3 is 0 Å². The maximum Gasteiger partial charge on any atom is 0.264 e. The van der Waals surface area contributed by atoms with Gasteiger partial charge in [-0.1, -0.05) is 0 Å². The second kappa shape index (κ2) is 4.51. The van der Waals surface area contributed by atoms with E-state index in [4.69, 9.17) is 11.5 Å². The van der Waals surface area contributed by atoms with Crippen molar-refractivity contribution in [2.75, 3.05) is 5.73 Å². The van der Waals surface area contributed by atoms with E-state index in [1.54, 1.807) is 12.3 Å². The van der Waals surface area contributed by atoms with E-state index in [1.807, 2.05) is 6.07 Å². The van der Waals surface area contributed by atoms with Crippen molar-refractivity contribution >= 4 is 39.1 Å². The minimum absolute atomic E-state index is 0.318. The first kappa shape index (κ1) is 13.3. The highest BCUT2D eigenvalue weighted by Gasteiger charge is 2.29. The van der Waals surface area contributed by atoms with Gasteiger partial charge in [0, 0.05) is 6.20 Å². The van der Waals surface area contributed by atoms with Crippen molar-refractivity contribution < 1.29 is 9.59 Å². The Bertz CT molecular complexity index is 663. The molecule has 2 rings (SSSR count). The van der Waals surface area contributed by atoms with Crippen molar-refractivity contribution in [1.82, 2.24) is 10.3 Å². The zero-order valence-corrected chi connectivity index (χ0v) is 11.4. The molecule has 0 bridgehead atoms. The average molecular weight is 278 g/mol. The van der Waals surface area contributed by atoms with Crippen molar-refractivity contribution in [3.8, 4) is 0 Å². The van der Waals surface area contributed by atoms with Crippen LogP contribution < -0.4 is 16.8 Å². The SMILES string of the molecule is CC(C)(NC(=O)c1sc2cccnc2c1N)C(N)=O. The summed E-state index contributed by atoms with van der Waals surface area (Å²) < 4.78 is 0.821. The first-order chi connectivity index (χ1) is 8.83. The lowest BCUT2D eigenvalue weighted by Crippen LogP contribution is -2.52. The zero-order valence-electron chi connectivity index (χ0n) is 10.6. The van der Waals surface area contributed by atoms with Crippen molar-refractivity contribution in [1.29, 1.82) is 0 Å². The van der Waals surface area contributed by atoms with Crippen LogP contribution in [0.15, 0.2) is 18.3 Å². The quantitative estimate of drug-likeness (QED) is 0.773. The second-order valence-electron chi connectivity index (χ2n) is 4.64. The van der Waals surface area contributed by atoms with Crippen LogP contribution in [0.5, 0.6) is 0 Å². The Morgan fingerprint density at radius 3 is 2.68 bits per heavy atom. The molecule has 0 aliphatic heterocycles. The molecule has 0 aliphatic rings. The van der Waals surface area contributed by atoms with E-state index in [2.05, 4.69) is 10.3 Å². The first-order valence-corrected chi connectivity index (χ1v) is 6.40. The van der Waals surface area contributed by atoms with Crippen LogP contribution in [0, 0.1) is 0 Å². The lowest BCUT2D eigenvalue weighted by molar-refractivity contribution is -0.122. The molecule has 0 saturated carbocycles. The fourth-order valence-corrected chi connectivity index (χ4v) is 2.49. The number of carbonyl (C=O) groups is 2. The van der Waals surface area contributed by atoms with E-state index < -0.39 is 17.4 Å². The lowest BCUT2D eigenvalue weighted by Gasteiger charge is -2.21. The molecule has 2 amide bonds. The molecule has 0 atom stereocenters. The minimum atomic E-state index is -1.13. The van der Waals surface area contributed by atoms with Crippen LogP contribution >= 0.6 is 11.3 Å². The Morgan fingerprint density at radius 2 is 2.11 bits per heavy atom. The normalized spacial score (nSPS) is 11.5. The lowest BCUT2D eigenvalue weighted by atomic mass is 10.1. The number of primary amides is 1. The summed E-state index contributed by atoms with van der Waals surface area (Å²) in [7, 11) is 0. The Balaban J connectivity index is 2.37. The number of fused-ring (bicyclic) bond motifs is 1. The maximum atomic E-state index is 12.1. The number of nitrogen functional groups attached to an aromatic ring is 1. The minimum Gasteiger partial charge on any atom is -0.396 e. The molecule has 0 saturated heterocycles. The molecule has 0 unspecified atom stereocenters. The Morgan fingerprint density at radius 1 is 1.42 bits per heavy atom. The van der Waals surface area contributed by atoms with Crippen LogP contribution in [-0.4, -0.2) is 22.3 Å². The fraction of sp³-hybridized carbons (Fsp3) is 0.250. The van der Waals surface area contributed by atoms with Crippen molar-refractivity contribution in [3.63, 3.8) is 0 Å². The summed E-state index contributed by atoms with van der Waals surface area (Å²) >= 11 is 1.23. The van der Waals surface area contributed by atoms with Crippen molar-refractivity contribution in [3.05, 3.63) is 23.2 Å². The van der Waals surface area contributed by atoms with Crippen molar-refractivity contribution in [2.24, 2.45) is 5.73 Å². The summed E-state index contributed by atoms with van der Waals surface area (Å²) in [5, 5.41) is 2.56. The summed E-state index contributed by atoms with van der Waals surface area (Å²) in [6.45, 7) is 3.07. The number of hydrogen-bond donors (Lipinski definition) is 3. The van der Waals surface area contributed by atoms with Gasteiger partial charge in [0.15, 0.2) is 0 Å². The van der Waals surface area contributed by atoms with E-state index in [9.17, 15) is 9.59 Å². The number of carbonyl (C=O) groups excluding carboxylic acids is 2. The van der Waals surface area contributed by atoms with Gasteiger partial charge in [0.2, 0.25) is 5.91 Å². The van der Waals surface area contributed by atoms with Gasteiger partial charge in [0.05, 0.1) is 10.4 Å². The second-order valence-corrected chi connectivity index (χ2v) is 5.69. The van der Waals surface area contributed by atoms with E-state index in [1.165, 1.54) is 25.2 Å². The molecule has 2 heterocycles. The predicted molar refractivity (Wildman–Crippen MR) is 74.8 cm³/mol. The number of pyridine rings is 1. The highest BCUT2D eigenvalue weighted by molar-refractivity contribution is 7.21. The molecular formula is C12H14N4O2S. The standard InChI is InChI=1S/C12H14N4O2S/c1-12(2,11(14)18)16-10(17)9-7(13)8-6(19-9)4-3-5-15-8/h3-5H,13H2,1-2H3,(H2,14,18)(H,16,17). The van der Waals surface area contributed by atoms with Gasteiger partial charge in [-0.3, -0.25) is 14.6 Å². The summed E-state index contributed by atoms with van der Waals surface area (Å²) in [5.74, 6) is -1.04. The third-order valence-electron chi connectivity index (χ3n) is 2.73. The number of aromatic nitrogens is 1. The molecule has 0 fully saturated rings. The van der Waals surface area contributed by atoms with Crippen LogP contribution in [0.2, 0.25) is 0 Å². The molecule has 6 nitrogen and oxygen atoms in total. The van der Waals surface area contributed by atoms with Crippen LogP contribution in [0.25, 0.3) is 10.2 Å². The van der Waals surface area contributed by atoms with E-state index in [-0.39, 0.29) is 0 Å². The van der Waals surface area contributed by atoms with Gasteiger partial charge in [-0.05, 0) is 26.0 Å². The highest BCUT2D eigenvalue weighted by atomic mass is 32.1. The summed E-state index contributed by atoms with van der Waals surface area (Å²) in [5.41, 5.74) is 10.9. The highest BCUT2D eigenvalue weighted by Crippen LogP contribution is 2.31. The molecule has 0 aromatic carbocycles. The maximum absolute atomic E-state index is 12.1. The van der Waals surface area contributed by atoms with Gasteiger partial charge in [0.1, 0.15) is 15.9 Å². The molecule has 19 heavy (non-hydrogen) atoms. The topological polar surface area (TPSA) is 111 Å². The third-order valence-corrected chi connectivity index (χ3v) is 3.89. The van der Waals surface area contributed by atoms with Gasteiger partial charge in [-0.25, -0.2) is 0 Å². The number of amides is 2. The van der Waals surface area contributed by atoms with Crippen molar-refractivity contribution in [2.45, 2.75) is 19.4 Å². The largest absolute Gasteiger partial charge is 0.396 e. The van der Waals surface area contributed by atoms with Gasteiger partial charge in [-0.15, -0.1) is 11.3 Å². The molecule has 0 radical (unpaired) electrons. The first-order valence-electron chi connectivity index (χ1n) is 5.58. The van der Waals surface area contributed by atoms with Crippen LogP contribution in [-0.2, 0) is 4.79 Å². The average Bonchev–Trinajstić information content (AvgIpc) is 2.67. The van der Waals surface area contributed by atoms with Gasteiger partial charge in [-0.2, -0.15) is 0 Å². The van der Waals surface area contributed by atoms with E-state index in [0.29, 0.717) is 16.1 Å². The smallest absolute Gasteiger partial charge is 0.264 e. The monoisotopic (exact) mass is 278 g/mol. The van der Waals surface area contributed by atoms with Crippen LogP contribution in [0.4, 0.5) is 5.69 Å². The number of thiophene rings is 1. The summed E-state index contributed by atoms with van der Waals surface area (Å²) in [4.78, 5) is 27.8. The number of rotatable bonds is 3. The zero-order chi connectivity index (χ0) is 14.2. The number of hydrogen-bond acceptors (Lipinski definition) is 5. The third kappa shape index (κ3) is 2.37. The molecule has 7 heteroatoms. The molecule has 0 spiro atoms. The molecule has 0 aliphatic carbocycles.